The van der Waals surface area contributed by atoms with Gasteiger partial charge in [0, 0.05) is 38.4 Å². The van der Waals surface area contributed by atoms with Crippen LogP contribution in [0.25, 0.3) is 0 Å². The van der Waals surface area contributed by atoms with Crippen molar-refractivity contribution >= 4 is 16.0 Å². The fraction of sp³-hybridized carbons (Fsp3) is 0.316. The third-order valence-corrected chi connectivity index (χ3v) is 6.88. The average Bonchev–Trinajstić information content (AvgIpc) is 3.09. The third kappa shape index (κ3) is 3.98. The SMILES string of the molecule is Cc1noc(C)c1S(=O)(=O)N1CCN(c2nccc(Oc3ccc(F)cc3)n2)CC1. The summed E-state index contributed by atoms with van der Waals surface area (Å²) in [5.41, 5.74) is 0.351. The van der Waals surface area contributed by atoms with Gasteiger partial charge in [0.1, 0.15) is 22.2 Å². The van der Waals surface area contributed by atoms with Gasteiger partial charge in [0.15, 0.2) is 5.76 Å². The molecule has 3 heterocycles. The van der Waals surface area contributed by atoms with Crippen molar-refractivity contribution in [2.24, 2.45) is 0 Å². The molecule has 0 unspecified atom stereocenters. The summed E-state index contributed by atoms with van der Waals surface area (Å²) in [5.74, 6) is 1.14. The van der Waals surface area contributed by atoms with E-state index in [4.69, 9.17) is 9.26 Å². The fourth-order valence-corrected chi connectivity index (χ4v) is 4.98. The number of aromatic nitrogens is 3. The van der Waals surface area contributed by atoms with Crippen LogP contribution in [0, 0.1) is 19.7 Å². The highest BCUT2D eigenvalue weighted by atomic mass is 32.2. The molecule has 4 rings (SSSR count). The van der Waals surface area contributed by atoms with E-state index in [2.05, 4.69) is 15.1 Å². The number of ether oxygens (including phenoxy) is 1. The number of aryl methyl sites for hydroxylation is 2. The first kappa shape index (κ1) is 20.2. The normalized spacial score (nSPS) is 15.4. The number of nitrogens with zero attached hydrogens (tertiary/aromatic N) is 5. The molecule has 0 spiro atoms. The summed E-state index contributed by atoms with van der Waals surface area (Å²) in [7, 11) is -3.68. The Morgan fingerprint density at radius 2 is 1.77 bits per heavy atom. The summed E-state index contributed by atoms with van der Waals surface area (Å²) < 4.78 is 51.0. The Kier molecular flexibility index (Phi) is 5.39. The van der Waals surface area contributed by atoms with Gasteiger partial charge in [-0.15, -0.1) is 0 Å². The summed E-state index contributed by atoms with van der Waals surface area (Å²) in [6, 6.07) is 7.22. The van der Waals surface area contributed by atoms with Crippen LogP contribution in [-0.2, 0) is 10.0 Å². The van der Waals surface area contributed by atoms with Gasteiger partial charge in [-0.25, -0.2) is 17.8 Å². The molecule has 1 aromatic carbocycles. The summed E-state index contributed by atoms with van der Waals surface area (Å²) in [5, 5.41) is 3.74. The number of piperazine rings is 1. The van der Waals surface area contributed by atoms with Crippen molar-refractivity contribution in [1.82, 2.24) is 19.4 Å². The molecule has 11 heteroatoms. The zero-order valence-electron chi connectivity index (χ0n) is 16.4. The predicted molar refractivity (Wildman–Crippen MR) is 105 cm³/mol. The van der Waals surface area contributed by atoms with Crippen LogP contribution in [0.3, 0.4) is 0 Å². The third-order valence-electron chi connectivity index (χ3n) is 4.74. The van der Waals surface area contributed by atoms with Crippen molar-refractivity contribution in [2.45, 2.75) is 18.7 Å². The number of rotatable bonds is 5. The van der Waals surface area contributed by atoms with E-state index >= 15 is 0 Å². The first-order chi connectivity index (χ1) is 14.3. The highest BCUT2D eigenvalue weighted by Crippen LogP contribution is 2.26. The standard InChI is InChI=1S/C19H20FN5O4S/c1-13-18(14(2)29-23-13)30(26,27)25-11-9-24(10-12-25)19-21-8-7-17(22-19)28-16-5-3-15(20)4-6-16/h3-8H,9-12H2,1-2H3. The van der Waals surface area contributed by atoms with Gasteiger partial charge in [-0.3, -0.25) is 0 Å². The lowest BCUT2D eigenvalue weighted by Crippen LogP contribution is -2.49. The summed E-state index contributed by atoms with van der Waals surface area (Å²) >= 11 is 0. The van der Waals surface area contributed by atoms with Crippen molar-refractivity contribution in [3.63, 3.8) is 0 Å². The maximum absolute atomic E-state index is 13.0. The molecule has 158 valence electrons. The van der Waals surface area contributed by atoms with Crippen molar-refractivity contribution in [2.75, 3.05) is 31.1 Å². The first-order valence-corrected chi connectivity index (χ1v) is 10.7. The Bertz CT molecular complexity index is 1120. The van der Waals surface area contributed by atoms with E-state index in [1.54, 1.807) is 26.1 Å². The lowest BCUT2D eigenvalue weighted by Gasteiger charge is -2.33. The zero-order valence-corrected chi connectivity index (χ0v) is 17.3. The number of sulfonamides is 1. The molecule has 30 heavy (non-hydrogen) atoms. The van der Waals surface area contributed by atoms with E-state index in [0.29, 0.717) is 36.4 Å². The smallest absolute Gasteiger partial charge is 0.248 e. The molecular formula is C19H20FN5O4S. The zero-order chi connectivity index (χ0) is 21.3. The summed E-state index contributed by atoms with van der Waals surface area (Å²) in [4.78, 5) is 10.7. The molecule has 0 saturated carbocycles. The van der Waals surface area contributed by atoms with Crippen LogP contribution >= 0.6 is 0 Å². The maximum atomic E-state index is 13.0. The molecule has 3 aromatic rings. The van der Waals surface area contributed by atoms with Crippen molar-refractivity contribution in [1.29, 1.82) is 0 Å². The first-order valence-electron chi connectivity index (χ1n) is 9.29. The molecule has 1 aliphatic rings. The molecule has 0 radical (unpaired) electrons. The molecule has 2 aromatic heterocycles. The monoisotopic (exact) mass is 433 g/mol. The molecule has 1 fully saturated rings. The van der Waals surface area contributed by atoms with Crippen LogP contribution in [0.2, 0.25) is 0 Å². The van der Waals surface area contributed by atoms with Gasteiger partial charge in [-0.2, -0.15) is 9.29 Å². The lowest BCUT2D eigenvalue weighted by atomic mass is 10.3. The quantitative estimate of drug-likeness (QED) is 0.605. The van der Waals surface area contributed by atoms with E-state index in [0.717, 1.165) is 0 Å². The van der Waals surface area contributed by atoms with Crippen molar-refractivity contribution < 1.29 is 22.1 Å². The van der Waals surface area contributed by atoms with E-state index in [9.17, 15) is 12.8 Å². The van der Waals surface area contributed by atoms with Gasteiger partial charge in [-0.1, -0.05) is 5.16 Å². The second-order valence-corrected chi connectivity index (χ2v) is 8.67. The highest BCUT2D eigenvalue weighted by molar-refractivity contribution is 7.89. The van der Waals surface area contributed by atoms with Crippen LogP contribution in [-0.4, -0.2) is 54.0 Å². The van der Waals surface area contributed by atoms with Crippen molar-refractivity contribution in [3.05, 3.63) is 53.8 Å². The van der Waals surface area contributed by atoms with E-state index in [1.165, 1.54) is 28.6 Å². The van der Waals surface area contributed by atoms with Crippen LogP contribution in [0.15, 0.2) is 45.9 Å². The Morgan fingerprint density at radius 3 is 2.40 bits per heavy atom. The largest absolute Gasteiger partial charge is 0.439 e. The van der Waals surface area contributed by atoms with E-state index < -0.39 is 10.0 Å². The van der Waals surface area contributed by atoms with Crippen LogP contribution < -0.4 is 9.64 Å². The van der Waals surface area contributed by atoms with Gasteiger partial charge in [0.05, 0.1) is 0 Å². The number of anilines is 1. The molecule has 1 aliphatic heterocycles. The van der Waals surface area contributed by atoms with Gasteiger partial charge in [0.2, 0.25) is 21.9 Å². The molecule has 9 nitrogen and oxygen atoms in total. The summed E-state index contributed by atoms with van der Waals surface area (Å²) in [6.07, 6.45) is 1.56. The molecular weight excluding hydrogens is 413 g/mol. The minimum atomic E-state index is -3.68. The van der Waals surface area contributed by atoms with Crippen molar-refractivity contribution in [3.8, 4) is 11.6 Å². The highest BCUT2D eigenvalue weighted by Gasteiger charge is 2.33. The molecule has 0 bridgehead atoms. The fourth-order valence-electron chi connectivity index (χ4n) is 3.27. The van der Waals surface area contributed by atoms with Crippen LogP contribution in [0.5, 0.6) is 11.6 Å². The Labute approximate surface area is 173 Å². The molecule has 1 saturated heterocycles. The minimum Gasteiger partial charge on any atom is -0.439 e. The van der Waals surface area contributed by atoms with Gasteiger partial charge < -0.3 is 14.2 Å². The number of benzene rings is 1. The Balaban J connectivity index is 1.45. The Morgan fingerprint density at radius 1 is 1.07 bits per heavy atom. The molecule has 0 amide bonds. The molecule has 0 atom stereocenters. The minimum absolute atomic E-state index is 0.127. The van der Waals surface area contributed by atoms with Gasteiger partial charge in [0.25, 0.3) is 0 Å². The Hall–Kier alpha value is -3.05. The predicted octanol–water partition coefficient (Wildman–Crippen LogP) is 2.52. The van der Waals surface area contributed by atoms with Gasteiger partial charge >= 0.3 is 0 Å². The summed E-state index contributed by atoms with van der Waals surface area (Å²) in [6.45, 7) is 4.59. The van der Waals surface area contributed by atoms with Gasteiger partial charge in [-0.05, 0) is 38.1 Å². The number of hydrogen-bond donors (Lipinski definition) is 0. The second-order valence-electron chi connectivity index (χ2n) is 6.80. The number of halogens is 1. The van der Waals surface area contributed by atoms with E-state index in [-0.39, 0.29) is 29.6 Å². The number of hydrogen-bond acceptors (Lipinski definition) is 8. The average molecular weight is 433 g/mol. The van der Waals surface area contributed by atoms with Crippen LogP contribution in [0.1, 0.15) is 11.5 Å². The van der Waals surface area contributed by atoms with E-state index in [1.807, 2.05) is 4.90 Å². The molecule has 0 N–H and O–H groups in total. The second kappa shape index (κ2) is 8.00. The lowest BCUT2D eigenvalue weighted by molar-refractivity contribution is 0.376. The molecule has 0 aliphatic carbocycles. The topological polar surface area (TPSA) is 102 Å². The maximum Gasteiger partial charge on any atom is 0.248 e. The van der Waals surface area contributed by atoms with Crippen LogP contribution in [0.4, 0.5) is 10.3 Å².